The highest BCUT2D eigenvalue weighted by Gasteiger charge is 2.45. The summed E-state index contributed by atoms with van der Waals surface area (Å²) in [5.74, 6) is 0.701. The molecular formula is C20H30FNO4. The normalized spacial score (nSPS) is 23.6. The van der Waals surface area contributed by atoms with Gasteiger partial charge in [0.1, 0.15) is 17.0 Å². The van der Waals surface area contributed by atoms with E-state index in [0.29, 0.717) is 17.9 Å². The third kappa shape index (κ3) is 5.10. The van der Waals surface area contributed by atoms with E-state index in [-0.39, 0.29) is 19.5 Å². The molecule has 1 aliphatic rings. The largest absolute Gasteiger partial charge is 0.494 e. The molecule has 0 saturated carbocycles. The van der Waals surface area contributed by atoms with Crippen LogP contribution in [0.1, 0.15) is 52.5 Å². The zero-order valence-electron chi connectivity index (χ0n) is 16.1. The minimum atomic E-state index is -1.61. The molecule has 0 spiro atoms. The monoisotopic (exact) mass is 367 g/mol. The number of amides is 1. The van der Waals surface area contributed by atoms with Gasteiger partial charge in [-0.3, -0.25) is 0 Å². The van der Waals surface area contributed by atoms with Gasteiger partial charge in [-0.05, 0) is 44.9 Å². The molecule has 0 radical (unpaired) electrons. The summed E-state index contributed by atoms with van der Waals surface area (Å²) in [5, 5.41) is 10.9. The third-order valence-electron chi connectivity index (χ3n) is 4.43. The van der Waals surface area contributed by atoms with Crippen LogP contribution >= 0.6 is 0 Å². The van der Waals surface area contributed by atoms with Crippen molar-refractivity contribution in [1.82, 2.24) is 4.90 Å². The number of carbonyl (C=O) groups excluding carboxylic acids is 1. The molecule has 1 amide bonds. The average Bonchev–Trinajstić information content (AvgIpc) is 2.56. The van der Waals surface area contributed by atoms with Crippen LogP contribution in [0.2, 0.25) is 0 Å². The first-order valence-electron chi connectivity index (χ1n) is 9.23. The van der Waals surface area contributed by atoms with Crippen molar-refractivity contribution in [2.75, 3.05) is 19.7 Å². The van der Waals surface area contributed by atoms with Crippen molar-refractivity contribution in [2.45, 2.75) is 64.3 Å². The smallest absolute Gasteiger partial charge is 0.410 e. The van der Waals surface area contributed by atoms with Gasteiger partial charge in [-0.2, -0.15) is 0 Å². The Bertz CT molecular complexity index is 599. The van der Waals surface area contributed by atoms with Gasteiger partial charge < -0.3 is 19.5 Å². The van der Waals surface area contributed by atoms with Gasteiger partial charge in [0, 0.05) is 13.0 Å². The van der Waals surface area contributed by atoms with Crippen LogP contribution in [0, 0.1) is 0 Å². The lowest BCUT2D eigenvalue weighted by atomic mass is 9.83. The fourth-order valence-electron chi connectivity index (χ4n) is 2.89. The Balaban J connectivity index is 2.01. The molecule has 26 heavy (non-hydrogen) atoms. The lowest BCUT2D eigenvalue weighted by Gasteiger charge is -2.41. The Morgan fingerprint density at radius 3 is 2.54 bits per heavy atom. The number of hydrogen-bond acceptors (Lipinski definition) is 4. The number of alkyl halides is 1. The lowest BCUT2D eigenvalue weighted by Crippen LogP contribution is -2.54. The number of unbranched alkanes of at least 4 members (excludes halogenated alkanes) is 1. The van der Waals surface area contributed by atoms with Gasteiger partial charge >= 0.3 is 6.09 Å². The lowest BCUT2D eigenvalue weighted by molar-refractivity contribution is -0.0907. The number of halogens is 1. The number of benzene rings is 1. The van der Waals surface area contributed by atoms with Gasteiger partial charge in [-0.1, -0.05) is 25.5 Å². The minimum Gasteiger partial charge on any atom is -0.494 e. The van der Waals surface area contributed by atoms with Crippen LogP contribution < -0.4 is 4.74 Å². The SMILES string of the molecule is CCCCOc1ccc([C@]2(O)CCN(C(=O)OC(C)(C)C)C[C@H]2F)cc1. The highest BCUT2D eigenvalue weighted by molar-refractivity contribution is 5.68. The van der Waals surface area contributed by atoms with Crippen molar-refractivity contribution in [3.63, 3.8) is 0 Å². The molecule has 2 rings (SSSR count). The van der Waals surface area contributed by atoms with Crippen LogP contribution in [0.15, 0.2) is 24.3 Å². The summed E-state index contributed by atoms with van der Waals surface area (Å²) in [5.41, 5.74) is -1.75. The molecule has 1 aromatic rings. The predicted molar refractivity (Wildman–Crippen MR) is 98.1 cm³/mol. The van der Waals surface area contributed by atoms with Crippen LogP contribution in [-0.2, 0) is 10.3 Å². The number of carbonyl (C=O) groups is 1. The number of nitrogens with zero attached hydrogens (tertiary/aromatic N) is 1. The molecule has 0 aromatic heterocycles. The molecule has 1 aromatic carbocycles. The summed E-state index contributed by atoms with van der Waals surface area (Å²) in [6.07, 6.45) is -0.00459. The van der Waals surface area contributed by atoms with Crippen molar-refractivity contribution in [1.29, 1.82) is 0 Å². The quantitative estimate of drug-likeness (QED) is 0.798. The van der Waals surface area contributed by atoms with Crippen LogP contribution in [0.5, 0.6) is 5.75 Å². The summed E-state index contributed by atoms with van der Waals surface area (Å²) in [6, 6.07) is 6.87. The standard InChI is InChI=1S/C20H30FNO4/c1-5-6-13-25-16-9-7-15(8-10-16)20(24)11-12-22(14-17(20)21)18(23)26-19(2,3)4/h7-10,17,24H,5-6,11-14H2,1-4H3/t17-,20-/m1/s1. The molecule has 146 valence electrons. The topological polar surface area (TPSA) is 59.0 Å². The van der Waals surface area contributed by atoms with Crippen molar-refractivity contribution in [2.24, 2.45) is 0 Å². The molecule has 0 unspecified atom stereocenters. The molecule has 1 aliphatic heterocycles. The fraction of sp³-hybridized carbons (Fsp3) is 0.650. The second-order valence-corrected chi connectivity index (χ2v) is 7.79. The number of hydrogen-bond donors (Lipinski definition) is 1. The van der Waals surface area contributed by atoms with E-state index < -0.39 is 23.5 Å². The van der Waals surface area contributed by atoms with Crippen molar-refractivity contribution in [3.05, 3.63) is 29.8 Å². The molecule has 0 aliphatic carbocycles. The van der Waals surface area contributed by atoms with Crippen molar-refractivity contribution in [3.8, 4) is 5.75 Å². The molecule has 5 nitrogen and oxygen atoms in total. The maximum atomic E-state index is 14.8. The van der Waals surface area contributed by atoms with Crippen LogP contribution in [-0.4, -0.2) is 47.6 Å². The number of piperidine rings is 1. The van der Waals surface area contributed by atoms with E-state index in [1.54, 1.807) is 45.0 Å². The second kappa shape index (κ2) is 8.25. The van der Waals surface area contributed by atoms with Gasteiger partial charge in [-0.15, -0.1) is 0 Å². The highest BCUT2D eigenvalue weighted by atomic mass is 19.1. The number of likely N-dealkylation sites (tertiary alicyclic amines) is 1. The predicted octanol–water partition coefficient (Wildman–Crippen LogP) is 4.03. The molecule has 6 heteroatoms. The van der Waals surface area contributed by atoms with E-state index in [2.05, 4.69) is 6.92 Å². The number of ether oxygens (including phenoxy) is 2. The van der Waals surface area contributed by atoms with Crippen LogP contribution in [0.4, 0.5) is 9.18 Å². The molecule has 1 saturated heterocycles. The maximum absolute atomic E-state index is 14.8. The molecule has 0 bridgehead atoms. The van der Waals surface area contributed by atoms with Gasteiger partial charge in [0.2, 0.25) is 0 Å². The summed E-state index contributed by atoms with van der Waals surface area (Å²) >= 11 is 0. The number of aliphatic hydroxyl groups is 1. The van der Waals surface area contributed by atoms with Gasteiger partial charge in [0.25, 0.3) is 0 Å². The van der Waals surface area contributed by atoms with E-state index in [9.17, 15) is 14.3 Å². The van der Waals surface area contributed by atoms with Gasteiger partial charge in [0.05, 0.1) is 13.2 Å². The minimum absolute atomic E-state index is 0.115. The Kier molecular flexibility index (Phi) is 6.50. The summed E-state index contributed by atoms with van der Waals surface area (Å²) in [4.78, 5) is 13.4. The highest BCUT2D eigenvalue weighted by Crippen LogP contribution is 2.36. The Labute approximate surface area is 155 Å². The first-order chi connectivity index (χ1) is 12.2. The van der Waals surface area contributed by atoms with Crippen molar-refractivity contribution >= 4 is 6.09 Å². The Morgan fingerprint density at radius 1 is 1.35 bits per heavy atom. The van der Waals surface area contributed by atoms with E-state index in [1.165, 1.54) is 4.90 Å². The van der Waals surface area contributed by atoms with E-state index >= 15 is 0 Å². The Hall–Kier alpha value is -1.82. The van der Waals surface area contributed by atoms with E-state index in [4.69, 9.17) is 9.47 Å². The zero-order chi connectivity index (χ0) is 19.4. The third-order valence-corrected chi connectivity index (χ3v) is 4.43. The summed E-state index contributed by atoms with van der Waals surface area (Å²) < 4.78 is 25.7. The second-order valence-electron chi connectivity index (χ2n) is 7.79. The van der Waals surface area contributed by atoms with E-state index in [1.807, 2.05) is 0 Å². The first-order valence-corrected chi connectivity index (χ1v) is 9.23. The van der Waals surface area contributed by atoms with E-state index in [0.717, 1.165) is 12.8 Å². The maximum Gasteiger partial charge on any atom is 0.410 e. The molecule has 1 N–H and O–H groups in total. The zero-order valence-corrected chi connectivity index (χ0v) is 16.1. The van der Waals surface area contributed by atoms with Crippen molar-refractivity contribution < 1.29 is 23.8 Å². The molecule has 1 fully saturated rings. The summed E-state index contributed by atoms with van der Waals surface area (Å²) in [6.45, 7) is 8.07. The Morgan fingerprint density at radius 2 is 2.00 bits per heavy atom. The van der Waals surface area contributed by atoms with Gasteiger partial charge in [0.15, 0.2) is 6.17 Å². The average molecular weight is 367 g/mol. The van der Waals surface area contributed by atoms with Crippen LogP contribution in [0.25, 0.3) is 0 Å². The first kappa shape index (κ1) is 20.5. The molecule has 2 atom stereocenters. The molecular weight excluding hydrogens is 337 g/mol. The number of rotatable bonds is 5. The summed E-state index contributed by atoms with van der Waals surface area (Å²) in [7, 11) is 0. The molecule has 1 heterocycles. The van der Waals surface area contributed by atoms with Crippen LogP contribution in [0.3, 0.4) is 0 Å². The fourth-order valence-corrected chi connectivity index (χ4v) is 2.89. The van der Waals surface area contributed by atoms with Gasteiger partial charge in [-0.25, -0.2) is 9.18 Å².